The number of fused-ring (bicyclic) bond motifs is 1. The topological polar surface area (TPSA) is 129 Å². The van der Waals surface area contributed by atoms with Crippen molar-refractivity contribution in [3.63, 3.8) is 0 Å². The van der Waals surface area contributed by atoms with Gasteiger partial charge in [-0.25, -0.2) is 4.79 Å². The second-order valence-corrected chi connectivity index (χ2v) is 13.5. The standard InChI is InChI=1S/C35H55N5O6/c1-23-19-40(24(2)22-41)34(42)30-18-29(36-35(43)37-33-26(4)38-46-27(33)5)15-16-31(30)45-25(3)12-10-11-17-44-32(23)21-39(6)20-28-13-8-7-9-14-28/h15-16,18,23-25,28,32,41H,7-14,17,19-22H2,1-6H3,(H2,36,37,43)/t23-,24+,25-,32+/m0/s1. The van der Waals surface area contributed by atoms with Crippen LogP contribution in [0, 0.1) is 25.7 Å². The fourth-order valence-corrected chi connectivity index (χ4v) is 6.59. The number of hydrogen-bond donors (Lipinski definition) is 3. The molecule has 0 radical (unpaired) electrons. The van der Waals surface area contributed by atoms with Crippen molar-refractivity contribution < 1.29 is 28.7 Å². The van der Waals surface area contributed by atoms with Crippen molar-refractivity contribution in [2.45, 2.75) is 104 Å². The summed E-state index contributed by atoms with van der Waals surface area (Å²) in [5.74, 6) is 1.43. The van der Waals surface area contributed by atoms with Crippen LogP contribution in [-0.2, 0) is 4.74 Å². The molecule has 4 atom stereocenters. The van der Waals surface area contributed by atoms with Crippen LogP contribution in [0.25, 0.3) is 0 Å². The number of carbonyl (C=O) groups is 2. The lowest BCUT2D eigenvalue weighted by Gasteiger charge is -2.36. The summed E-state index contributed by atoms with van der Waals surface area (Å²) in [6.07, 6.45) is 9.05. The van der Waals surface area contributed by atoms with Crippen LogP contribution in [0.5, 0.6) is 5.75 Å². The molecule has 1 aromatic carbocycles. The molecule has 3 N–H and O–H groups in total. The van der Waals surface area contributed by atoms with E-state index in [-0.39, 0.29) is 30.6 Å². The number of urea groups is 1. The average molecular weight is 642 g/mol. The number of amides is 3. The minimum Gasteiger partial charge on any atom is -0.490 e. The van der Waals surface area contributed by atoms with Crippen molar-refractivity contribution in [3.05, 3.63) is 35.2 Å². The molecule has 3 amide bonds. The second-order valence-electron chi connectivity index (χ2n) is 13.5. The van der Waals surface area contributed by atoms with Gasteiger partial charge in [-0.2, -0.15) is 0 Å². The first-order valence-corrected chi connectivity index (χ1v) is 17.1. The molecule has 11 nitrogen and oxygen atoms in total. The molecule has 2 aromatic rings. The molecule has 2 heterocycles. The van der Waals surface area contributed by atoms with Crippen LogP contribution in [0.2, 0.25) is 0 Å². The Hall–Kier alpha value is -3.15. The van der Waals surface area contributed by atoms with Crippen LogP contribution in [0.3, 0.4) is 0 Å². The number of aromatic nitrogens is 1. The average Bonchev–Trinajstić information content (AvgIpc) is 3.34. The molecule has 0 spiro atoms. The third kappa shape index (κ3) is 9.92. The molecule has 1 fully saturated rings. The van der Waals surface area contributed by atoms with Gasteiger partial charge in [-0.05, 0) is 91.0 Å². The van der Waals surface area contributed by atoms with Crippen LogP contribution in [0.1, 0.15) is 93.9 Å². The molecule has 4 rings (SSSR count). The van der Waals surface area contributed by atoms with E-state index in [0.717, 1.165) is 38.3 Å². The first-order chi connectivity index (χ1) is 22.0. The minimum absolute atomic E-state index is 0.0140. The maximum atomic E-state index is 14.4. The summed E-state index contributed by atoms with van der Waals surface area (Å²) in [7, 11) is 2.18. The molecule has 46 heavy (non-hydrogen) atoms. The third-order valence-electron chi connectivity index (χ3n) is 9.37. The van der Waals surface area contributed by atoms with Gasteiger partial charge in [0, 0.05) is 37.8 Å². The van der Waals surface area contributed by atoms with Crippen molar-refractivity contribution in [2.75, 3.05) is 50.5 Å². The highest BCUT2D eigenvalue weighted by atomic mass is 16.5. The van der Waals surface area contributed by atoms with Crippen LogP contribution in [-0.4, -0.2) is 90.1 Å². The normalized spacial score (nSPS) is 22.9. The quantitative estimate of drug-likeness (QED) is 0.309. The number of aliphatic hydroxyl groups is 1. The Morgan fingerprint density at radius 3 is 2.52 bits per heavy atom. The largest absolute Gasteiger partial charge is 0.490 e. The first kappa shape index (κ1) is 35.7. The van der Waals surface area contributed by atoms with Crippen molar-refractivity contribution in [1.82, 2.24) is 15.0 Å². The molecule has 0 saturated heterocycles. The van der Waals surface area contributed by atoms with E-state index >= 15 is 0 Å². The van der Waals surface area contributed by atoms with E-state index in [0.29, 0.717) is 47.3 Å². The number of carbonyl (C=O) groups excluding carboxylic acids is 2. The van der Waals surface area contributed by atoms with Crippen molar-refractivity contribution in [2.24, 2.45) is 11.8 Å². The van der Waals surface area contributed by atoms with E-state index in [4.69, 9.17) is 14.0 Å². The fraction of sp³-hybridized carbons (Fsp3) is 0.686. The van der Waals surface area contributed by atoms with E-state index in [1.807, 2.05) is 13.8 Å². The zero-order valence-electron chi connectivity index (χ0n) is 28.6. The summed E-state index contributed by atoms with van der Waals surface area (Å²) in [4.78, 5) is 31.4. The van der Waals surface area contributed by atoms with Crippen LogP contribution in [0.4, 0.5) is 16.2 Å². The SMILES string of the molecule is Cc1noc(C)c1NC(=O)Nc1ccc2c(c1)C(=O)N([C@H](C)CO)C[C@H](C)[C@@H](CN(C)CC1CCCCC1)OCCCC[C@H](C)O2. The molecule has 1 saturated carbocycles. The second kappa shape index (κ2) is 17.1. The van der Waals surface area contributed by atoms with Gasteiger partial charge in [0.05, 0.1) is 30.4 Å². The Morgan fingerprint density at radius 2 is 1.83 bits per heavy atom. The fourth-order valence-electron chi connectivity index (χ4n) is 6.59. The number of nitrogens with zero attached hydrogens (tertiary/aromatic N) is 3. The molecular formula is C35H55N5O6. The first-order valence-electron chi connectivity index (χ1n) is 17.1. The summed E-state index contributed by atoms with van der Waals surface area (Å²) < 4.78 is 18.0. The van der Waals surface area contributed by atoms with Gasteiger partial charge in [-0.1, -0.05) is 31.3 Å². The highest BCUT2D eigenvalue weighted by molar-refractivity contribution is 6.03. The van der Waals surface area contributed by atoms with Crippen LogP contribution < -0.4 is 15.4 Å². The smallest absolute Gasteiger partial charge is 0.323 e. The van der Waals surface area contributed by atoms with E-state index in [9.17, 15) is 14.7 Å². The van der Waals surface area contributed by atoms with Crippen molar-refractivity contribution in [3.8, 4) is 5.75 Å². The van der Waals surface area contributed by atoms with Gasteiger partial charge in [-0.3, -0.25) is 4.79 Å². The minimum atomic E-state index is -0.483. The predicted octanol–water partition coefficient (Wildman–Crippen LogP) is 6.24. The monoisotopic (exact) mass is 641 g/mol. The van der Waals surface area contributed by atoms with Gasteiger partial charge >= 0.3 is 6.03 Å². The summed E-state index contributed by atoms with van der Waals surface area (Å²) in [6.45, 7) is 12.2. The molecule has 1 aromatic heterocycles. The van der Waals surface area contributed by atoms with Crippen molar-refractivity contribution in [1.29, 1.82) is 0 Å². The lowest BCUT2D eigenvalue weighted by Crippen LogP contribution is -2.47. The number of nitrogens with one attached hydrogen (secondary N) is 2. The molecule has 0 unspecified atom stereocenters. The van der Waals surface area contributed by atoms with E-state index in [1.54, 1.807) is 36.9 Å². The number of aryl methyl sites for hydroxylation is 2. The van der Waals surface area contributed by atoms with Gasteiger partial charge in [0.15, 0.2) is 5.76 Å². The highest BCUT2D eigenvalue weighted by Gasteiger charge is 2.31. The Balaban J connectivity index is 1.57. The number of hydrogen-bond acceptors (Lipinski definition) is 8. The number of aliphatic hydroxyl groups excluding tert-OH is 1. The predicted molar refractivity (Wildman–Crippen MR) is 180 cm³/mol. The summed E-state index contributed by atoms with van der Waals surface area (Å²) in [6, 6.07) is 4.19. The number of rotatable bonds is 8. The number of ether oxygens (including phenoxy) is 2. The summed E-state index contributed by atoms with van der Waals surface area (Å²) in [5.41, 5.74) is 1.84. The van der Waals surface area contributed by atoms with E-state index in [1.165, 1.54) is 32.1 Å². The highest BCUT2D eigenvalue weighted by Crippen LogP contribution is 2.29. The number of benzene rings is 1. The Morgan fingerprint density at radius 1 is 1.09 bits per heavy atom. The molecule has 1 aliphatic heterocycles. The summed E-state index contributed by atoms with van der Waals surface area (Å²) >= 11 is 0. The molecular weight excluding hydrogens is 586 g/mol. The Kier molecular flexibility index (Phi) is 13.3. The lowest BCUT2D eigenvalue weighted by atomic mass is 9.89. The Labute approximate surface area is 274 Å². The van der Waals surface area contributed by atoms with Gasteiger partial charge < -0.3 is 39.5 Å². The van der Waals surface area contributed by atoms with Gasteiger partial charge in [-0.15, -0.1) is 0 Å². The van der Waals surface area contributed by atoms with Crippen molar-refractivity contribution >= 4 is 23.3 Å². The maximum Gasteiger partial charge on any atom is 0.323 e. The van der Waals surface area contributed by atoms with E-state index < -0.39 is 12.1 Å². The molecule has 2 aliphatic rings. The van der Waals surface area contributed by atoms with Gasteiger partial charge in [0.2, 0.25) is 0 Å². The zero-order chi connectivity index (χ0) is 33.2. The lowest BCUT2D eigenvalue weighted by molar-refractivity contribution is -0.0190. The van der Waals surface area contributed by atoms with Gasteiger partial charge in [0.25, 0.3) is 5.91 Å². The third-order valence-corrected chi connectivity index (χ3v) is 9.37. The van der Waals surface area contributed by atoms with E-state index in [2.05, 4.69) is 34.7 Å². The van der Waals surface area contributed by atoms with Crippen LogP contribution in [0.15, 0.2) is 22.7 Å². The number of likely N-dealkylation sites (N-methyl/N-ethyl adjacent to an activating group) is 1. The molecule has 0 bridgehead atoms. The van der Waals surface area contributed by atoms with Crippen LogP contribution >= 0.6 is 0 Å². The van der Waals surface area contributed by atoms with Gasteiger partial charge in [0.1, 0.15) is 17.1 Å². The molecule has 256 valence electrons. The maximum absolute atomic E-state index is 14.4. The molecule has 1 aliphatic carbocycles. The Bertz CT molecular complexity index is 1260. The zero-order valence-corrected chi connectivity index (χ0v) is 28.6. The molecule has 11 heteroatoms. The number of anilines is 2. The summed E-state index contributed by atoms with van der Waals surface area (Å²) in [5, 5.41) is 19.7.